The maximum atomic E-state index is 9.85. The standard InChI is InChI=1S/C16H15NO2S/c1-11(18)13-8-7-12(10-17)9-16(13)20-15-6-4-3-5-14(15)19-2/h3-9,11,18H,1-2H3/t11-/m0/s1. The molecule has 0 saturated heterocycles. The Hall–Kier alpha value is -1.96. The lowest BCUT2D eigenvalue weighted by atomic mass is 10.1. The van der Waals surface area contributed by atoms with Gasteiger partial charge in [-0.05, 0) is 36.8 Å². The summed E-state index contributed by atoms with van der Waals surface area (Å²) >= 11 is 1.49. The zero-order chi connectivity index (χ0) is 14.5. The summed E-state index contributed by atoms with van der Waals surface area (Å²) < 4.78 is 5.33. The number of aliphatic hydroxyl groups excluding tert-OH is 1. The minimum atomic E-state index is -0.583. The molecular formula is C16H15NO2S. The van der Waals surface area contributed by atoms with Crippen LogP contribution in [-0.2, 0) is 0 Å². The maximum absolute atomic E-state index is 9.85. The summed E-state index contributed by atoms with van der Waals surface area (Å²) in [5.41, 5.74) is 1.38. The highest BCUT2D eigenvalue weighted by atomic mass is 32.2. The van der Waals surface area contributed by atoms with Crippen LogP contribution in [0.3, 0.4) is 0 Å². The lowest BCUT2D eigenvalue weighted by Gasteiger charge is -2.13. The molecule has 2 rings (SSSR count). The first-order chi connectivity index (χ1) is 9.65. The zero-order valence-corrected chi connectivity index (χ0v) is 12.1. The second-order valence-corrected chi connectivity index (χ2v) is 5.38. The summed E-state index contributed by atoms with van der Waals surface area (Å²) in [6, 6.07) is 15.1. The Labute approximate surface area is 122 Å². The molecule has 2 aromatic carbocycles. The quantitative estimate of drug-likeness (QED) is 0.929. The van der Waals surface area contributed by atoms with Crippen LogP contribution in [0.25, 0.3) is 0 Å². The van der Waals surface area contributed by atoms with Gasteiger partial charge in [0.1, 0.15) is 5.75 Å². The molecule has 0 aliphatic carbocycles. The summed E-state index contributed by atoms with van der Waals surface area (Å²) in [6.07, 6.45) is -0.583. The average molecular weight is 285 g/mol. The van der Waals surface area contributed by atoms with Gasteiger partial charge in [-0.3, -0.25) is 0 Å². The van der Waals surface area contributed by atoms with Gasteiger partial charge in [0.25, 0.3) is 0 Å². The molecule has 20 heavy (non-hydrogen) atoms. The van der Waals surface area contributed by atoms with E-state index in [0.717, 1.165) is 21.1 Å². The van der Waals surface area contributed by atoms with E-state index in [4.69, 9.17) is 10.00 Å². The van der Waals surface area contributed by atoms with E-state index in [1.54, 1.807) is 32.2 Å². The van der Waals surface area contributed by atoms with E-state index in [1.807, 2.05) is 24.3 Å². The minimum absolute atomic E-state index is 0.576. The predicted octanol–water partition coefficient (Wildman–Crippen LogP) is 3.77. The molecule has 1 N–H and O–H groups in total. The normalized spacial score (nSPS) is 11.7. The van der Waals surface area contributed by atoms with Crippen LogP contribution in [0.4, 0.5) is 0 Å². The van der Waals surface area contributed by atoms with Crippen LogP contribution in [0.2, 0.25) is 0 Å². The number of hydrogen-bond acceptors (Lipinski definition) is 4. The molecular weight excluding hydrogens is 270 g/mol. The first-order valence-electron chi connectivity index (χ1n) is 6.18. The van der Waals surface area contributed by atoms with Gasteiger partial charge in [0.05, 0.1) is 29.7 Å². The third-order valence-electron chi connectivity index (χ3n) is 2.88. The van der Waals surface area contributed by atoms with Crippen molar-refractivity contribution in [2.75, 3.05) is 7.11 Å². The average Bonchev–Trinajstić information content (AvgIpc) is 2.47. The summed E-state index contributed by atoms with van der Waals surface area (Å²) in [7, 11) is 1.63. The predicted molar refractivity (Wildman–Crippen MR) is 78.9 cm³/mol. The molecule has 0 heterocycles. The number of nitrogens with zero attached hydrogens (tertiary/aromatic N) is 1. The highest BCUT2D eigenvalue weighted by molar-refractivity contribution is 7.99. The molecule has 3 nitrogen and oxygen atoms in total. The van der Waals surface area contributed by atoms with Gasteiger partial charge in [-0.25, -0.2) is 0 Å². The molecule has 1 atom stereocenters. The Morgan fingerprint density at radius 2 is 1.95 bits per heavy atom. The largest absolute Gasteiger partial charge is 0.496 e. The van der Waals surface area contributed by atoms with Crippen molar-refractivity contribution >= 4 is 11.8 Å². The van der Waals surface area contributed by atoms with Gasteiger partial charge >= 0.3 is 0 Å². The number of para-hydroxylation sites is 1. The molecule has 0 fully saturated rings. The van der Waals surface area contributed by atoms with Gasteiger partial charge in [-0.1, -0.05) is 30.0 Å². The highest BCUT2D eigenvalue weighted by Gasteiger charge is 2.12. The van der Waals surface area contributed by atoms with Crippen molar-refractivity contribution in [3.05, 3.63) is 53.6 Å². The first kappa shape index (κ1) is 14.4. The molecule has 0 aliphatic heterocycles. The fraction of sp³-hybridized carbons (Fsp3) is 0.188. The van der Waals surface area contributed by atoms with Crippen LogP contribution >= 0.6 is 11.8 Å². The van der Waals surface area contributed by atoms with Crippen LogP contribution in [-0.4, -0.2) is 12.2 Å². The third kappa shape index (κ3) is 3.13. The van der Waals surface area contributed by atoms with E-state index < -0.39 is 6.10 Å². The fourth-order valence-corrected chi connectivity index (χ4v) is 3.04. The second kappa shape index (κ2) is 6.47. The zero-order valence-electron chi connectivity index (χ0n) is 11.3. The Kier molecular flexibility index (Phi) is 4.67. The van der Waals surface area contributed by atoms with E-state index >= 15 is 0 Å². The van der Waals surface area contributed by atoms with E-state index in [9.17, 15) is 5.11 Å². The van der Waals surface area contributed by atoms with Crippen LogP contribution in [0.1, 0.15) is 24.2 Å². The van der Waals surface area contributed by atoms with Gasteiger partial charge in [0.2, 0.25) is 0 Å². The van der Waals surface area contributed by atoms with Crippen LogP contribution in [0, 0.1) is 11.3 Å². The topological polar surface area (TPSA) is 53.2 Å². The molecule has 0 aliphatic rings. The monoisotopic (exact) mass is 285 g/mol. The van der Waals surface area contributed by atoms with E-state index in [1.165, 1.54) is 11.8 Å². The van der Waals surface area contributed by atoms with Crippen molar-refractivity contribution in [2.45, 2.75) is 22.8 Å². The summed E-state index contributed by atoms with van der Waals surface area (Å²) in [4.78, 5) is 1.82. The summed E-state index contributed by atoms with van der Waals surface area (Å²) in [5.74, 6) is 0.774. The van der Waals surface area contributed by atoms with Gasteiger partial charge < -0.3 is 9.84 Å². The molecule has 102 valence electrons. The lowest BCUT2D eigenvalue weighted by Crippen LogP contribution is -1.95. The summed E-state index contributed by atoms with van der Waals surface area (Å²) in [5, 5.41) is 18.9. The third-order valence-corrected chi connectivity index (χ3v) is 4.01. The highest BCUT2D eigenvalue weighted by Crippen LogP contribution is 2.38. The van der Waals surface area contributed by atoms with Crippen molar-refractivity contribution in [1.29, 1.82) is 5.26 Å². The molecule has 2 aromatic rings. The number of benzene rings is 2. The molecule has 4 heteroatoms. The Bertz CT molecular complexity index is 647. The number of rotatable bonds is 4. The van der Waals surface area contributed by atoms with Gasteiger partial charge in [-0.2, -0.15) is 5.26 Å². The summed E-state index contributed by atoms with van der Waals surface area (Å²) in [6.45, 7) is 1.72. The lowest BCUT2D eigenvalue weighted by molar-refractivity contribution is 0.196. The molecule has 0 aromatic heterocycles. The van der Waals surface area contributed by atoms with Crippen molar-refractivity contribution in [3.63, 3.8) is 0 Å². The van der Waals surface area contributed by atoms with Gasteiger partial charge in [-0.15, -0.1) is 0 Å². The van der Waals surface area contributed by atoms with Crippen molar-refractivity contribution in [3.8, 4) is 11.8 Å². The fourth-order valence-electron chi connectivity index (χ4n) is 1.86. The van der Waals surface area contributed by atoms with E-state index in [0.29, 0.717) is 5.56 Å². The number of hydrogen-bond donors (Lipinski definition) is 1. The Balaban J connectivity index is 2.44. The van der Waals surface area contributed by atoms with Crippen LogP contribution in [0.15, 0.2) is 52.3 Å². The maximum Gasteiger partial charge on any atom is 0.132 e. The van der Waals surface area contributed by atoms with Crippen LogP contribution in [0.5, 0.6) is 5.75 Å². The second-order valence-electron chi connectivity index (χ2n) is 4.29. The van der Waals surface area contributed by atoms with Crippen LogP contribution < -0.4 is 4.74 Å². The molecule has 0 spiro atoms. The van der Waals surface area contributed by atoms with E-state index in [2.05, 4.69) is 6.07 Å². The number of ether oxygens (including phenoxy) is 1. The molecule has 0 amide bonds. The Morgan fingerprint density at radius 1 is 1.20 bits per heavy atom. The minimum Gasteiger partial charge on any atom is -0.496 e. The smallest absolute Gasteiger partial charge is 0.132 e. The Morgan fingerprint density at radius 3 is 2.60 bits per heavy atom. The molecule has 0 saturated carbocycles. The number of methoxy groups -OCH3 is 1. The molecule has 0 radical (unpaired) electrons. The number of aliphatic hydroxyl groups is 1. The van der Waals surface area contributed by atoms with E-state index in [-0.39, 0.29) is 0 Å². The first-order valence-corrected chi connectivity index (χ1v) is 7.00. The molecule has 0 unspecified atom stereocenters. The van der Waals surface area contributed by atoms with Crippen molar-refractivity contribution < 1.29 is 9.84 Å². The molecule has 0 bridgehead atoms. The number of nitriles is 1. The van der Waals surface area contributed by atoms with Crippen molar-refractivity contribution in [2.24, 2.45) is 0 Å². The van der Waals surface area contributed by atoms with Gasteiger partial charge in [0.15, 0.2) is 0 Å². The van der Waals surface area contributed by atoms with Gasteiger partial charge in [0, 0.05) is 4.90 Å². The SMILES string of the molecule is COc1ccccc1Sc1cc(C#N)ccc1[C@H](C)O. The van der Waals surface area contributed by atoms with Crippen molar-refractivity contribution in [1.82, 2.24) is 0 Å².